The fourth-order valence-electron chi connectivity index (χ4n) is 4.19. The fourth-order valence-corrected chi connectivity index (χ4v) is 4.44. The van der Waals surface area contributed by atoms with E-state index in [2.05, 4.69) is 0 Å². The number of likely N-dealkylation sites (tertiary alicyclic amines) is 1. The second kappa shape index (κ2) is 7.75. The van der Waals surface area contributed by atoms with Gasteiger partial charge in [0.2, 0.25) is 5.91 Å². The SMILES string of the molecule is COc1cccc(Cl)c1CC1C(=O)N(C2CCCCC2)CC1CO. The van der Waals surface area contributed by atoms with Gasteiger partial charge >= 0.3 is 0 Å². The molecular weight excluding hydrogens is 326 g/mol. The molecule has 0 aromatic heterocycles. The molecule has 1 saturated heterocycles. The summed E-state index contributed by atoms with van der Waals surface area (Å²) in [6.45, 7) is 0.698. The minimum atomic E-state index is -0.217. The van der Waals surface area contributed by atoms with Crippen LogP contribution >= 0.6 is 11.6 Å². The van der Waals surface area contributed by atoms with Gasteiger partial charge in [0.05, 0.1) is 7.11 Å². The first-order valence-corrected chi connectivity index (χ1v) is 9.26. The number of benzene rings is 1. The molecule has 2 fully saturated rings. The molecule has 0 bridgehead atoms. The quantitative estimate of drug-likeness (QED) is 0.885. The van der Waals surface area contributed by atoms with Crippen LogP contribution in [-0.4, -0.2) is 42.2 Å². The van der Waals surface area contributed by atoms with Crippen LogP contribution in [0.25, 0.3) is 0 Å². The molecule has 2 atom stereocenters. The molecule has 1 aliphatic heterocycles. The van der Waals surface area contributed by atoms with Gasteiger partial charge in [-0.15, -0.1) is 0 Å². The van der Waals surface area contributed by atoms with Crippen LogP contribution in [0.3, 0.4) is 0 Å². The van der Waals surface area contributed by atoms with Gasteiger partial charge in [-0.2, -0.15) is 0 Å². The number of aliphatic hydroxyl groups excluding tert-OH is 1. The molecular formula is C19H26ClNO3. The molecule has 132 valence electrons. The number of amides is 1. The summed E-state index contributed by atoms with van der Waals surface area (Å²) in [5.74, 6) is 0.636. The Bertz CT molecular complexity index is 586. The second-order valence-electron chi connectivity index (χ2n) is 6.96. The predicted molar refractivity (Wildman–Crippen MR) is 94.4 cm³/mol. The maximum atomic E-state index is 13.0. The van der Waals surface area contributed by atoms with Crippen molar-refractivity contribution in [2.75, 3.05) is 20.3 Å². The van der Waals surface area contributed by atoms with Crippen LogP contribution in [0.15, 0.2) is 18.2 Å². The zero-order chi connectivity index (χ0) is 17.1. The lowest BCUT2D eigenvalue weighted by atomic mass is 9.89. The number of aliphatic hydroxyl groups is 1. The number of halogens is 1. The van der Waals surface area contributed by atoms with Crippen molar-refractivity contribution in [2.24, 2.45) is 11.8 Å². The van der Waals surface area contributed by atoms with Crippen LogP contribution < -0.4 is 4.74 Å². The summed E-state index contributed by atoms with van der Waals surface area (Å²) in [4.78, 5) is 15.0. The third-order valence-corrected chi connectivity index (χ3v) is 5.92. The molecule has 2 unspecified atom stereocenters. The highest BCUT2D eigenvalue weighted by Crippen LogP contribution is 2.37. The highest BCUT2D eigenvalue weighted by Gasteiger charge is 2.43. The largest absolute Gasteiger partial charge is 0.496 e. The summed E-state index contributed by atoms with van der Waals surface area (Å²) < 4.78 is 5.41. The molecule has 1 heterocycles. The monoisotopic (exact) mass is 351 g/mol. The number of ether oxygens (including phenoxy) is 1. The zero-order valence-corrected chi connectivity index (χ0v) is 15.0. The Morgan fingerprint density at radius 1 is 1.29 bits per heavy atom. The van der Waals surface area contributed by atoms with Crippen molar-refractivity contribution < 1.29 is 14.6 Å². The maximum Gasteiger partial charge on any atom is 0.226 e. The van der Waals surface area contributed by atoms with Gasteiger partial charge in [-0.05, 0) is 31.4 Å². The molecule has 1 amide bonds. The summed E-state index contributed by atoms with van der Waals surface area (Å²) in [5.41, 5.74) is 0.865. The molecule has 1 saturated carbocycles. The van der Waals surface area contributed by atoms with E-state index in [1.807, 2.05) is 23.1 Å². The van der Waals surface area contributed by atoms with E-state index in [1.165, 1.54) is 19.3 Å². The number of hydrogen-bond acceptors (Lipinski definition) is 3. The first kappa shape index (κ1) is 17.6. The van der Waals surface area contributed by atoms with Gasteiger partial charge in [-0.1, -0.05) is 36.9 Å². The molecule has 1 aromatic rings. The van der Waals surface area contributed by atoms with E-state index in [-0.39, 0.29) is 24.3 Å². The fraction of sp³-hybridized carbons (Fsp3) is 0.632. The van der Waals surface area contributed by atoms with Crippen LogP contribution in [0.2, 0.25) is 5.02 Å². The Balaban J connectivity index is 1.80. The predicted octanol–water partition coefficient (Wildman–Crippen LogP) is 3.29. The normalized spacial score (nSPS) is 25.3. The maximum absolute atomic E-state index is 13.0. The molecule has 0 spiro atoms. The van der Waals surface area contributed by atoms with Crippen LogP contribution in [-0.2, 0) is 11.2 Å². The van der Waals surface area contributed by atoms with E-state index in [1.54, 1.807) is 7.11 Å². The van der Waals surface area contributed by atoms with E-state index >= 15 is 0 Å². The third-order valence-electron chi connectivity index (χ3n) is 5.57. The van der Waals surface area contributed by atoms with E-state index in [0.29, 0.717) is 29.8 Å². The Kier molecular flexibility index (Phi) is 5.67. The van der Waals surface area contributed by atoms with Crippen molar-refractivity contribution in [1.29, 1.82) is 0 Å². The van der Waals surface area contributed by atoms with Crippen molar-refractivity contribution >= 4 is 17.5 Å². The van der Waals surface area contributed by atoms with Crippen LogP contribution in [0, 0.1) is 11.8 Å². The Labute approximate surface area is 148 Å². The number of nitrogens with zero attached hydrogens (tertiary/aromatic N) is 1. The smallest absolute Gasteiger partial charge is 0.226 e. The Morgan fingerprint density at radius 2 is 2.04 bits per heavy atom. The Morgan fingerprint density at radius 3 is 2.71 bits per heavy atom. The average Bonchev–Trinajstić information content (AvgIpc) is 2.93. The Hall–Kier alpha value is -1.26. The highest BCUT2D eigenvalue weighted by molar-refractivity contribution is 6.31. The lowest BCUT2D eigenvalue weighted by molar-refractivity contribution is -0.133. The van der Waals surface area contributed by atoms with Crippen molar-refractivity contribution in [1.82, 2.24) is 4.90 Å². The first-order chi connectivity index (χ1) is 11.7. The first-order valence-electron chi connectivity index (χ1n) is 8.88. The summed E-state index contributed by atoms with van der Waals surface area (Å²) in [6.07, 6.45) is 6.36. The number of carbonyl (C=O) groups excluding carboxylic acids is 1. The summed E-state index contributed by atoms with van der Waals surface area (Å²) in [7, 11) is 1.61. The molecule has 2 aliphatic rings. The third kappa shape index (κ3) is 3.40. The molecule has 4 nitrogen and oxygen atoms in total. The lowest BCUT2D eigenvalue weighted by Crippen LogP contribution is -2.39. The second-order valence-corrected chi connectivity index (χ2v) is 7.36. The molecule has 24 heavy (non-hydrogen) atoms. The highest BCUT2D eigenvalue weighted by atomic mass is 35.5. The van der Waals surface area contributed by atoms with Gasteiger partial charge in [-0.3, -0.25) is 4.79 Å². The minimum Gasteiger partial charge on any atom is -0.496 e. The van der Waals surface area contributed by atoms with E-state index in [0.717, 1.165) is 18.4 Å². The lowest BCUT2D eigenvalue weighted by Gasteiger charge is -2.31. The van der Waals surface area contributed by atoms with Gasteiger partial charge < -0.3 is 14.7 Å². The summed E-state index contributed by atoms with van der Waals surface area (Å²) in [5, 5.41) is 10.4. The van der Waals surface area contributed by atoms with Crippen molar-refractivity contribution in [2.45, 2.75) is 44.6 Å². The summed E-state index contributed by atoms with van der Waals surface area (Å²) in [6, 6.07) is 5.89. The number of rotatable bonds is 5. The van der Waals surface area contributed by atoms with Gasteiger partial charge in [0.15, 0.2) is 0 Å². The van der Waals surface area contributed by atoms with Crippen molar-refractivity contribution in [3.8, 4) is 5.75 Å². The van der Waals surface area contributed by atoms with Gasteiger partial charge in [0, 0.05) is 41.6 Å². The minimum absolute atomic E-state index is 0.0274. The van der Waals surface area contributed by atoms with Gasteiger partial charge in [0.25, 0.3) is 0 Å². The average molecular weight is 352 g/mol. The molecule has 3 rings (SSSR count). The number of hydrogen-bond donors (Lipinski definition) is 1. The van der Waals surface area contributed by atoms with Crippen LogP contribution in [0.1, 0.15) is 37.7 Å². The molecule has 1 aliphatic carbocycles. The topological polar surface area (TPSA) is 49.8 Å². The molecule has 0 radical (unpaired) electrons. The van der Waals surface area contributed by atoms with Crippen molar-refractivity contribution in [3.05, 3.63) is 28.8 Å². The molecule has 1 N–H and O–H groups in total. The standard InChI is InChI=1S/C19H26ClNO3/c1-24-18-9-5-8-17(20)16(18)10-15-13(12-22)11-21(19(15)23)14-6-3-2-4-7-14/h5,8-9,13-15,22H,2-4,6-7,10-12H2,1H3. The van der Waals surface area contributed by atoms with E-state index < -0.39 is 0 Å². The molecule has 5 heteroatoms. The molecule has 1 aromatic carbocycles. The van der Waals surface area contributed by atoms with Crippen LogP contribution in [0.5, 0.6) is 5.75 Å². The zero-order valence-electron chi connectivity index (χ0n) is 14.2. The van der Waals surface area contributed by atoms with Gasteiger partial charge in [-0.25, -0.2) is 0 Å². The number of methoxy groups -OCH3 is 1. The van der Waals surface area contributed by atoms with Gasteiger partial charge in [0.1, 0.15) is 5.75 Å². The number of carbonyl (C=O) groups is 1. The van der Waals surface area contributed by atoms with Crippen LogP contribution in [0.4, 0.5) is 0 Å². The van der Waals surface area contributed by atoms with E-state index in [4.69, 9.17) is 16.3 Å². The van der Waals surface area contributed by atoms with Crippen molar-refractivity contribution in [3.63, 3.8) is 0 Å². The van der Waals surface area contributed by atoms with E-state index in [9.17, 15) is 9.90 Å². The summed E-state index contributed by atoms with van der Waals surface area (Å²) >= 11 is 6.34.